The van der Waals surface area contributed by atoms with E-state index in [1.807, 2.05) is 19.2 Å². The molecule has 26 heavy (non-hydrogen) atoms. The van der Waals surface area contributed by atoms with E-state index in [1.54, 1.807) is 11.8 Å². The summed E-state index contributed by atoms with van der Waals surface area (Å²) in [6, 6.07) is 8.35. The van der Waals surface area contributed by atoms with Crippen molar-refractivity contribution in [1.82, 2.24) is 18.8 Å². The standard InChI is InChI=1S/C19H20N4O2S/c1-12-17-18(26-21-12)20-11-23(19(17)25)10-16(24)22(2)15-9-5-7-13-6-3-4-8-14(13)15/h3-4,6,8,11,15H,5,7,9-10H2,1-2H3. The number of carbonyl (C=O) groups is 1. The molecule has 1 aliphatic rings. The predicted molar refractivity (Wildman–Crippen MR) is 101 cm³/mol. The average Bonchev–Trinajstić information content (AvgIpc) is 3.04. The number of hydrogen-bond acceptors (Lipinski definition) is 5. The second kappa shape index (κ2) is 6.64. The number of carbonyl (C=O) groups excluding carboxylic acids is 1. The minimum absolute atomic E-state index is 0.00771. The molecular formula is C19H20N4O2S. The van der Waals surface area contributed by atoms with E-state index < -0.39 is 0 Å². The van der Waals surface area contributed by atoms with E-state index in [9.17, 15) is 9.59 Å². The number of aryl methyl sites for hydroxylation is 2. The molecule has 0 bridgehead atoms. The third kappa shape index (κ3) is 2.82. The van der Waals surface area contributed by atoms with Gasteiger partial charge in [0.15, 0.2) is 4.83 Å². The lowest BCUT2D eigenvalue weighted by molar-refractivity contribution is -0.133. The van der Waals surface area contributed by atoms with Crippen molar-refractivity contribution < 1.29 is 4.79 Å². The van der Waals surface area contributed by atoms with Crippen molar-refractivity contribution in [2.45, 2.75) is 38.8 Å². The van der Waals surface area contributed by atoms with Crippen LogP contribution in [0.3, 0.4) is 0 Å². The van der Waals surface area contributed by atoms with Crippen molar-refractivity contribution in [2.24, 2.45) is 0 Å². The maximum atomic E-state index is 12.9. The molecule has 1 atom stereocenters. The van der Waals surface area contributed by atoms with Crippen LogP contribution < -0.4 is 5.56 Å². The molecular weight excluding hydrogens is 348 g/mol. The SMILES string of the molecule is Cc1nsc2ncn(CC(=O)N(C)C3CCCc4ccccc43)c(=O)c12. The topological polar surface area (TPSA) is 68.1 Å². The zero-order chi connectivity index (χ0) is 18.3. The Kier molecular flexibility index (Phi) is 4.32. The van der Waals surface area contributed by atoms with Crippen LogP contribution in [0.4, 0.5) is 0 Å². The Balaban J connectivity index is 1.60. The molecule has 1 amide bonds. The third-order valence-corrected chi connectivity index (χ3v) is 5.99. The summed E-state index contributed by atoms with van der Waals surface area (Å²) < 4.78 is 5.57. The maximum Gasteiger partial charge on any atom is 0.264 e. The molecule has 0 saturated heterocycles. The molecule has 0 N–H and O–H groups in total. The third-order valence-electron chi connectivity index (χ3n) is 5.14. The van der Waals surface area contributed by atoms with Gasteiger partial charge < -0.3 is 4.90 Å². The average molecular weight is 368 g/mol. The molecule has 2 heterocycles. The van der Waals surface area contributed by atoms with Crippen molar-refractivity contribution in [3.05, 3.63) is 57.8 Å². The van der Waals surface area contributed by atoms with E-state index in [0.717, 1.165) is 19.3 Å². The lowest BCUT2D eigenvalue weighted by Gasteiger charge is -2.33. The Hall–Kier alpha value is -2.54. The summed E-state index contributed by atoms with van der Waals surface area (Å²) in [4.78, 5) is 32.2. The molecule has 2 aromatic heterocycles. The van der Waals surface area contributed by atoms with Gasteiger partial charge in [0.2, 0.25) is 5.91 Å². The first-order chi connectivity index (χ1) is 12.6. The molecule has 1 unspecified atom stereocenters. The molecule has 0 aliphatic heterocycles. The number of aromatic nitrogens is 3. The number of fused-ring (bicyclic) bond motifs is 2. The molecule has 3 aromatic rings. The normalized spacial score (nSPS) is 16.5. The van der Waals surface area contributed by atoms with E-state index in [4.69, 9.17) is 0 Å². The van der Waals surface area contributed by atoms with Crippen molar-refractivity contribution in [1.29, 1.82) is 0 Å². The van der Waals surface area contributed by atoms with Gasteiger partial charge in [-0.25, -0.2) is 4.98 Å². The van der Waals surface area contributed by atoms with Gasteiger partial charge in [0, 0.05) is 7.05 Å². The highest BCUT2D eigenvalue weighted by Crippen LogP contribution is 2.33. The van der Waals surface area contributed by atoms with Gasteiger partial charge in [-0.3, -0.25) is 14.2 Å². The first kappa shape index (κ1) is 16.9. The van der Waals surface area contributed by atoms with Crippen LogP contribution in [0.2, 0.25) is 0 Å². The summed E-state index contributed by atoms with van der Waals surface area (Å²) in [5, 5.41) is 0.510. The van der Waals surface area contributed by atoms with Crippen molar-refractivity contribution in [3.63, 3.8) is 0 Å². The molecule has 0 spiro atoms. The van der Waals surface area contributed by atoms with Crippen LogP contribution in [-0.2, 0) is 17.8 Å². The summed E-state index contributed by atoms with van der Waals surface area (Å²) in [7, 11) is 1.82. The quantitative estimate of drug-likeness (QED) is 0.713. The molecule has 0 radical (unpaired) electrons. The minimum atomic E-state index is -0.202. The molecule has 4 rings (SSSR count). The number of hydrogen-bond donors (Lipinski definition) is 0. The highest BCUT2D eigenvalue weighted by molar-refractivity contribution is 7.12. The lowest BCUT2D eigenvalue weighted by Crippen LogP contribution is -2.37. The van der Waals surface area contributed by atoms with Crippen molar-refractivity contribution >= 4 is 27.7 Å². The highest BCUT2D eigenvalue weighted by atomic mass is 32.1. The summed E-state index contributed by atoms with van der Waals surface area (Å²) in [5.74, 6) is -0.0872. The van der Waals surface area contributed by atoms with E-state index >= 15 is 0 Å². The summed E-state index contributed by atoms with van der Waals surface area (Å²) >= 11 is 1.21. The molecule has 7 heteroatoms. The smallest absolute Gasteiger partial charge is 0.264 e. The van der Waals surface area contributed by atoms with Crippen LogP contribution in [0.25, 0.3) is 10.2 Å². The van der Waals surface area contributed by atoms with E-state index in [2.05, 4.69) is 21.5 Å². The monoisotopic (exact) mass is 368 g/mol. The van der Waals surface area contributed by atoms with E-state index in [1.165, 1.54) is 33.6 Å². The van der Waals surface area contributed by atoms with E-state index in [-0.39, 0.29) is 24.1 Å². The minimum Gasteiger partial charge on any atom is -0.337 e. The zero-order valence-corrected chi connectivity index (χ0v) is 15.6. The van der Waals surface area contributed by atoms with Crippen LogP contribution in [0.1, 0.15) is 35.7 Å². The second-order valence-corrected chi connectivity index (χ2v) is 7.49. The molecule has 0 saturated carbocycles. The van der Waals surface area contributed by atoms with Gasteiger partial charge in [-0.2, -0.15) is 4.37 Å². The molecule has 134 valence electrons. The second-order valence-electron chi connectivity index (χ2n) is 6.74. The largest absolute Gasteiger partial charge is 0.337 e. The molecule has 1 aromatic carbocycles. The van der Waals surface area contributed by atoms with Crippen molar-refractivity contribution in [2.75, 3.05) is 7.05 Å². The number of amides is 1. The first-order valence-electron chi connectivity index (χ1n) is 8.71. The first-order valence-corrected chi connectivity index (χ1v) is 9.48. The number of benzene rings is 1. The Morgan fingerprint density at radius 1 is 1.38 bits per heavy atom. The van der Waals surface area contributed by atoms with Crippen LogP contribution in [-0.4, -0.2) is 31.8 Å². The predicted octanol–water partition coefficient (Wildman–Crippen LogP) is 2.70. The fourth-order valence-electron chi connectivity index (χ4n) is 3.68. The number of nitrogens with zero attached hydrogens (tertiary/aromatic N) is 4. The Labute approximate surface area is 155 Å². The van der Waals surface area contributed by atoms with Crippen LogP contribution >= 0.6 is 11.5 Å². The van der Waals surface area contributed by atoms with Crippen LogP contribution in [0.15, 0.2) is 35.4 Å². The van der Waals surface area contributed by atoms with E-state index in [0.29, 0.717) is 15.9 Å². The van der Waals surface area contributed by atoms with Gasteiger partial charge in [0.1, 0.15) is 6.54 Å². The molecule has 0 fully saturated rings. The summed E-state index contributed by atoms with van der Waals surface area (Å²) in [5.41, 5.74) is 2.99. The van der Waals surface area contributed by atoms with Crippen LogP contribution in [0.5, 0.6) is 0 Å². The van der Waals surface area contributed by atoms with Gasteiger partial charge in [0.25, 0.3) is 5.56 Å². The molecule has 6 nitrogen and oxygen atoms in total. The maximum absolute atomic E-state index is 12.9. The number of likely N-dealkylation sites (N-methyl/N-ethyl adjacent to an activating group) is 1. The Morgan fingerprint density at radius 3 is 3.04 bits per heavy atom. The summed E-state index contributed by atoms with van der Waals surface area (Å²) in [6.45, 7) is 1.78. The Bertz CT molecular complexity index is 1040. The lowest BCUT2D eigenvalue weighted by atomic mass is 9.87. The van der Waals surface area contributed by atoms with Gasteiger partial charge in [0.05, 0.1) is 23.4 Å². The van der Waals surface area contributed by atoms with Gasteiger partial charge in [-0.05, 0) is 48.8 Å². The van der Waals surface area contributed by atoms with Gasteiger partial charge in [-0.1, -0.05) is 24.3 Å². The van der Waals surface area contributed by atoms with Crippen molar-refractivity contribution in [3.8, 4) is 0 Å². The van der Waals surface area contributed by atoms with Gasteiger partial charge in [-0.15, -0.1) is 0 Å². The fraction of sp³-hybridized carbons (Fsp3) is 0.368. The fourth-order valence-corrected chi connectivity index (χ4v) is 4.42. The Morgan fingerprint density at radius 2 is 2.19 bits per heavy atom. The van der Waals surface area contributed by atoms with Gasteiger partial charge >= 0.3 is 0 Å². The highest BCUT2D eigenvalue weighted by Gasteiger charge is 2.26. The summed E-state index contributed by atoms with van der Waals surface area (Å²) in [6.07, 6.45) is 4.51. The molecule has 1 aliphatic carbocycles. The number of rotatable bonds is 3. The zero-order valence-electron chi connectivity index (χ0n) is 14.8. The van der Waals surface area contributed by atoms with Crippen LogP contribution in [0, 0.1) is 6.92 Å².